The second kappa shape index (κ2) is 7.05. The first-order valence-corrected chi connectivity index (χ1v) is 6.89. The lowest BCUT2D eigenvalue weighted by atomic mass is 10.1. The SMILES string of the molecule is C/C(=N/O)c1ccc(NC(=O)CC2CCCCO2)cc1. The lowest BCUT2D eigenvalue weighted by Gasteiger charge is -2.21. The Morgan fingerprint density at radius 1 is 1.40 bits per heavy atom. The van der Waals surface area contributed by atoms with E-state index in [1.54, 1.807) is 19.1 Å². The molecule has 0 radical (unpaired) electrons. The molecule has 0 saturated carbocycles. The molecule has 0 aliphatic carbocycles. The minimum atomic E-state index is -0.0304. The topological polar surface area (TPSA) is 70.9 Å². The Morgan fingerprint density at radius 2 is 2.15 bits per heavy atom. The van der Waals surface area contributed by atoms with E-state index in [1.165, 1.54) is 0 Å². The van der Waals surface area contributed by atoms with Crippen LogP contribution in [0.5, 0.6) is 0 Å². The van der Waals surface area contributed by atoms with Crippen LogP contribution in [0.25, 0.3) is 0 Å². The number of ether oxygens (including phenoxy) is 1. The van der Waals surface area contributed by atoms with E-state index < -0.39 is 0 Å². The molecule has 2 rings (SSSR count). The first kappa shape index (κ1) is 14.5. The highest BCUT2D eigenvalue weighted by atomic mass is 16.5. The molecule has 1 saturated heterocycles. The van der Waals surface area contributed by atoms with E-state index in [9.17, 15) is 4.79 Å². The second-order valence-electron chi connectivity index (χ2n) is 5.00. The van der Waals surface area contributed by atoms with Crippen LogP contribution in [0.15, 0.2) is 29.4 Å². The fourth-order valence-electron chi connectivity index (χ4n) is 2.24. The molecule has 1 aliphatic rings. The number of hydrogen-bond donors (Lipinski definition) is 2. The zero-order valence-electron chi connectivity index (χ0n) is 11.6. The molecule has 0 aromatic heterocycles. The van der Waals surface area contributed by atoms with Gasteiger partial charge in [-0.05, 0) is 43.9 Å². The van der Waals surface area contributed by atoms with E-state index in [1.807, 2.05) is 12.1 Å². The van der Waals surface area contributed by atoms with Crippen LogP contribution in [0.3, 0.4) is 0 Å². The molecule has 2 N–H and O–H groups in total. The quantitative estimate of drug-likeness (QED) is 0.504. The largest absolute Gasteiger partial charge is 0.411 e. The van der Waals surface area contributed by atoms with Gasteiger partial charge < -0.3 is 15.3 Å². The molecular formula is C15H20N2O3. The van der Waals surface area contributed by atoms with Crippen molar-refractivity contribution in [2.24, 2.45) is 5.16 Å². The normalized spacial score (nSPS) is 19.6. The smallest absolute Gasteiger partial charge is 0.226 e. The van der Waals surface area contributed by atoms with E-state index >= 15 is 0 Å². The summed E-state index contributed by atoms with van der Waals surface area (Å²) in [6.07, 6.45) is 3.63. The molecule has 1 fully saturated rings. The van der Waals surface area contributed by atoms with Crippen LogP contribution in [-0.4, -0.2) is 29.5 Å². The molecule has 1 aliphatic heterocycles. The van der Waals surface area contributed by atoms with Gasteiger partial charge in [-0.3, -0.25) is 4.79 Å². The molecule has 1 unspecified atom stereocenters. The Kier molecular flexibility index (Phi) is 5.12. The van der Waals surface area contributed by atoms with Gasteiger partial charge in [0.2, 0.25) is 5.91 Å². The number of anilines is 1. The predicted molar refractivity (Wildman–Crippen MR) is 77.3 cm³/mol. The number of oxime groups is 1. The predicted octanol–water partition coefficient (Wildman–Crippen LogP) is 2.78. The summed E-state index contributed by atoms with van der Waals surface area (Å²) in [5.74, 6) is -0.0304. The highest BCUT2D eigenvalue weighted by Crippen LogP contribution is 2.17. The lowest BCUT2D eigenvalue weighted by molar-refractivity contribution is -0.119. The minimum Gasteiger partial charge on any atom is -0.411 e. The second-order valence-corrected chi connectivity index (χ2v) is 5.00. The lowest BCUT2D eigenvalue weighted by Crippen LogP contribution is -2.25. The summed E-state index contributed by atoms with van der Waals surface area (Å²) in [4.78, 5) is 11.9. The Balaban J connectivity index is 1.87. The maximum atomic E-state index is 11.9. The third kappa shape index (κ3) is 4.06. The molecule has 1 atom stereocenters. The highest BCUT2D eigenvalue weighted by molar-refractivity contribution is 5.99. The summed E-state index contributed by atoms with van der Waals surface area (Å²) in [5, 5.41) is 14.7. The Hall–Kier alpha value is -1.88. The van der Waals surface area contributed by atoms with Crippen molar-refractivity contribution in [1.29, 1.82) is 0 Å². The molecular weight excluding hydrogens is 256 g/mol. The first-order valence-electron chi connectivity index (χ1n) is 6.89. The minimum absolute atomic E-state index is 0.0304. The van der Waals surface area contributed by atoms with Crippen molar-refractivity contribution < 1.29 is 14.7 Å². The Bertz CT molecular complexity index is 476. The summed E-state index contributed by atoms with van der Waals surface area (Å²) >= 11 is 0. The first-order chi connectivity index (χ1) is 9.69. The van der Waals surface area contributed by atoms with Gasteiger partial charge in [0.15, 0.2) is 0 Å². The maximum Gasteiger partial charge on any atom is 0.226 e. The standard InChI is InChI=1S/C15H20N2O3/c1-11(17-19)12-5-7-13(8-6-12)16-15(18)10-14-4-2-3-9-20-14/h5-8,14,19H,2-4,9-10H2,1H3,(H,16,18)/b17-11-. The van der Waals surface area contributed by atoms with Crippen molar-refractivity contribution in [1.82, 2.24) is 0 Å². The Morgan fingerprint density at radius 3 is 2.75 bits per heavy atom. The number of amides is 1. The summed E-state index contributed by atoms with van der Waals surface area (Å²) in [6.45, 7) is 2.47. The van der Waals surface area contributed by atoms with Crippen LogP contribution in [0.2, 0.25) is 0 Å². The molecule has 5 heteroatoms. The monoisotopic (exact) mass is 276 g/mol. The molecule has 1 aromatic carbocycles. The number of benzene rings is 1. The zero-order chi connectivity index (χ0) is 14.4. The van der Waals surface area contributed by atoms with Crippen LogP contribution in [0, 0.1) is 0 Å². The molecule has 20 heavy (non-hydrogen) atoms. The van der Waals surface area contributed by atoms with E-state index in [-0.39, 0.29) is 12.0 Å². The zero-order valence-corrected chi connectivity index (χ0v) is 11.6. The van der Waals surface area contributed by atoms with Gasteiger partial charge in [-0.1, -0.05) is 17.3 Å². The highest BCUT2D eigenvalue weighted by Gasteiger charge is 2.17. The number of hydrogen-bond acceptors (Lipinski definition) is 4. The van der Waals surface area contributed by atoms with Gasteiger partial charge in [0.1, 0.15) is 0 Å². The molecule has 1 aromatic rings. The van der Waals surface area contributed by atoms with Gasteiger partial charge in [-0.25, -0.2) is 0 Å². The van der Waals surface area contributed by atoms with Crippen molar-refractivity contribution in [3.8, 4) is 0 Å². The van der Waals surface area contributed by atoms with Crippen LogP contribution in [-0.2, 0) is 9.53 Å². The number of rotatable bonds is 4. The molecule has 1 heterocycles. The molecule has 1 amide bonds. The summed E-state index contributed by atoms with van der Waals surface area (Å²) in [5.41, 5.74) is 2.10. The van der Waals surface area contributed by atoms with Gasteiger partial charge in [-0.15, -0.1) is 0 Å². The van der Waals surface area contributed by atoms with Gasteiger partial charge in [-0.2, -0.15) is 0 Å². The Labute approximate surface area is 118 Å². The van der Waals surface area contributed by atoms with Crippen molar-refractivity contribution in [2.45, 2.75) is 38.7 Å². The van der Waals surface area contributed by atoms with E-state index in [2.05, 4.69) is 10.5 Å². The van der Waals surface area contributed by atoms with Crippen molar-refractivity contribution >= 4 is 17.3 Å². The average Bonchev–Trinajstić information content (AvgIpc) is 2.48. The number of carbonyl (C=O) groups excluding carboxylic acids is 1. The summed E-state index contributed by atoms with van der Waals surface area (Å²) in [6, 6.07) is 7.21. The summed E-state index contributed by atoms with van der Waals surface area (Å²) < 4.78 is 5.55. The molecule has 0 bridgehead atoms. The van der Waals surface area contributed by atoms with Crippen molar-refractivity contribution in [2.75, 3.05) is 11.9 Å². The molecule has 108 valence electrons. The maximum absolute atomic E-state index is 11.9. The van der Waals surface area contributed by atoms with E-state index in [0.717, 1.165) is 37.1 Å². The van der Waals surface area contributed by atoms with Gasteiger partial charge in [0.05, 0.1) is 18.2 Å². The molecule has 0 spiro atoms. The number of nitrogens with one attached hydrogen (secondary N) is 1. The van der Waals surface area contributed by atoms with Gasteiger partial charge in [0, 0.05) is 12.3 Å². The fraction of sp³-hybridized carbons (Fsp3) is 0.467. The van der Waals surface area contributed by atoms with Gasteiger partial charge >= 0.3 is 0 Å². The number of carbonyl (C=O) groups is 1. The number of nitrogens with zero attached hydrogens (tertiary/aromatic N) is 1. The van der Waals surface area contributed by atoms with Crippen LogP contribution >= 0.6 is 0 Å². The van der Waals surface area contributed by atoms with Crippen molar-refractivity contribution in [3.05, 3.63) is 29.8 Å². The van der Waals surface area contributed by atoms with E-state index in [4.69, 9.17) is 9.94 Å². The average molecular weight is 276 g/mol. The van der Waals surface area contributed by atoms with Crippen LogP contribution in [0.4, 0.5) is 5.69 Å². The van der Waals surface area contributed by atoms with Gasteiger partial charge in [0.25, 0.3) is 0 Å². The summed E-state index contributed by atoms with van der Waals surface area (Å²) in [7, 11) is 0. The third-order valence-electron chi connectivity index (χ3n) is 3.42. The van der Waals surface area contributed by atoms with Crippen LogP contribution < -0.4 is 5.32 Å². The fourth-order valence-corrected chi connectivity index (χ4v) is 2.24. The third-order valence-corrected chi connectivity index (χ3v) is 3.42. The van der Waals surface area contributed by atoms with Crippen molar-refractivity contribution in [3.63, 3.8) is 0 Å². The van der Waals surface area contributed by atoms with E-state index in [0.29, 0.717) is 12.1 Å². The van der Waals surface area contributed by atoms with Crippen LogP contribution in [0.1, 0.15) is 38.2 Å². The molecule has 5 nitrogen and oxygen atoms in total.